The van der Waals surface area contributed by atoms with Crippen molar-refractivity contribution in [1.29, 1.82) is 0 Å². The van der Waals surface area contributed by atoms with E-state index >= 15 is 0 Å². The van der Waals surface area contributed by atoms with Gasteiger partial charge >= 0.3 is 0 Å². The number of piperidine rings is 1. The van der Waals surface area contributed by atoms with Crippen molar-refractivity contribution in [3.05, 3.63) is 35.9 Å². The van der Waals surface area contributed by atoms with Gasteiger partial charge in [0.25, 0.3) is 0 Å². The molecule has 2 fully saturated rings. The van der Waals surface area contributed by atoms with E-state index in [0.717, 1.165) is 31.2 Å². The number of likely N-dealkylation sites (tertiary alicyclic amines) is 1. The molecule has 0 N–H and O–H groups in total. The lowest BCUT2D eigenvalue weighted by molar-refractivity contribution is -0.155. The molecule has 0 bridgehead atoms. The summed E-state index contributed by atoms with van der Waals surface area (Å²) in [7, 11) is 0. The number of halogens is 1. The highest BCUT2D eigenvalue weighted by Crippen LogP contribution is 2.47. The summed E-state index contributed by atoms with van der Waals surface area (Å²) in [5.74, 6) is 0.235. The summed E-state index contributed by atoms with van der Waals surface area (Å²) >= 11 is 6.09. The second kappa shape index (κ2) is 6.41. The summed E-state index contributed by atoms with van der Waals surface area (Å²) in [6.45, 7) is 0. The van der Waals surface area contributed by atoms with Crippen molar-refractivity contribution in [3.8, 4) is 0 Å². The molecule has 118 valence electrons. The molecule has 2 aliphatic rings. The number of carbonyl (C=O) groups is 2. The minimum Gasteiger partial charge on any atom is -0.278 e. The average Bonchev–Trinajstić information content (AvgIpc) is 2.94. The normalized spacial score (nSPS) is 22.3. The molecule has 1 atom stereocenters. The minimum absolute atomic E-state index is 0.0280. The van der Waals surface area contributed by atoms with Crippen LogP contribution in [0.4, 0.5) is 0 Å². The van der Waals surface area contributed by atoms with Crippen LogP contribution in [0.3, 0.4) is 0 Å². The SMILES string of the molecule is O=C1CC2(CCCC2)CC(=O)N1C(CCl)Cc1ccccc1. The van der Waals surface area contributed by atoms with Crippen molar-refractivity contribution >= 4 is 23.4 Å². The van der Waals surface area contributed by atoms with Gasteiger partial charge < -0.3 is 0 Å². The Kier molecular flexibility index (Phi) is 4.53. The first kappa shape index (κ1) is 15.5. The zero-order valence-corrected chi connectivity index (χ0v) is 13.5. The van der Waals surface area contributed by atoms with E-state index in [1.165, 1.54) is 4.90 Å². The Morgan fingerprint density at radius 2 is 1.64 bits per heavy atom. The van der Waals surface area contributed by atoms with Gasteiger partial charge in [-0.3, -0.25) is 14.5 Å². The van der Waals surface area contributed by atoms with Gasteiger partial charge in [0, 0.05) is 18.7 Å². The lowest BCUT2D eigenvalue weighted by Crippen LogP contribution is -2.53. The first-order valence-electron chi connectivity index (χ1n) is 8.08. The number of hydrogen-bond acceptors (Lipinski definition) is 2. The van der Waals surface area contributed by atoms with Gasteiger partial charge in [-0.25, -0.2) is 0 Å². The minimum atomic E-state index is -0.234. The van der Waals surface area contributed by atoms with Gasteiger partial charge in [0.05, 0.1) is 6.04 Å². The van der Waals surface area contributed by atoms with E-state index in [0.29, 0.717) is 25.1 Å². The van der Waals surface area contributed by atoms with Crippen LogP contribution in [-0.2, 0) is 16.0 Å². The van der Waals surface area contributed by atoms with Gasteiger partial charge in [-0.05, 0) is 30.2 Å². The summed E-state index contributed by atoms with van der Waals surface area (Å²) in [5, 5.41) is 0. The van der Waals surface area contributed by atoms with Crippen molar-refractivity contribution in [3.63, 3.8) is 0 Å². The monoisotopic (exact) mass is 319 g/mol. The van der Waals surface area contributed by atoms with Crippen LogP contribution in [-0.4, -0.2) is 28.6 Å². The largest absolute Gasteiger partial charge is 0.278 e. The van der Waals surface area contributed by atoms with Gasteiger partial charge in [0.1, 0.15) is 0 Å². The number of imide groups is 1. The fourth-order valence-corrected chi connectivity index (χ4v) is 4.25. The Hall–Kier alpha value is -1.35. The predicted molar refractivity (Wildman–Crippen MR) is 86.6 cm³/mol. The van der Waals surface area contributed by atoms with Crippen molar-refractivity contribution in [1.82, 2.24) is 4.90 Å². The predicted octanol–water partition coefficient (Wildman–Crippen LogP) is 3.55. The Labute approximate surface area is 136 Å². The lowest BCUT2D eigenvalue weighted by atomic mass is 9.76. The highest BCUT2D eigenvalue weighted by molar-refractivity contribution is 6.18. The molecule has 1 heterocycles. The van der Waals surface area contributed by atoms with E-state index in [-0.39, 0.29) is 23.3 Å². The maximum Gasteiger partial charge on any atom is 0.230 e. The van der Waals surface area contributed by atoms with Gasteiger partial charge in [-0.1, -0.05) is 43.2 Å². The van der Waals surface area contributed by atoms with Gasteiger partial charge in [-0.2, -0.15) is 0 Å². The number of nitrogens with zero attached hydrogens (tertiary/aromatic N) is 1. The van der Waals surface area contributed by atoms with Crippen molar-refractivity contribution in [2.75, 3.05) is 5.88 Å². The number of hydrogen-bond donors (Lipinski definition) is 0. The summed E-state index contributed by atoms with van der Waals surface area (Å²) in [6, 6.07) is 9.68. The maximum absolute atomic E-state index is 12.6. The van der Waals surface area contributed by atoms with Crippen LogP contribution >= 0.6 is 11.6 Å². The number of rotatable bonds is 4. The fraction of sp³-hybridized carbons (Fsp3) is 0.556. The summed E-state index contributed by atoms with van der Waals surface area (Å²) in [5.41, 5.74) is 1.06. The molecule has 1 unspecified atom stereocenters. The quantitative estimate of drug-likeness (QED) is 0.628. The lowest BCUT2D eigenvalue weighted by Gasteiger charge is -2.40. The molecule has 1 aromatic rings. The maximum atomic E-state index is 12.6. The highest BCUT2D eigenvalue weighted by atomic mass is 35.5. The Bertz CT molecular complexity index is 531. The van der Waals surface area contributed by atoms with E-state index in [2.05, 4.69) is 0 Å². The molecular weight excluding hydrogens is 298 g/mol. The number of benzene rings is 1. The van der Waals surface area contributed by atoms with E-state index in [9.17, 15) is 9.59 Å². The topological polar surface area (TPSA) is 37.4 Å². The molecule has 3 nitrogen and oxygen atoms in total. The van der Waals surface area contributed by atoms with Crippen LogP contribution in [0.1, 0.15) is 44.1 Å². The molecule has 2 amide bonds. The van der Waals surface area contributed by atoms with Gasteiger partial charge in [0.2, 0.25) is 11.8 Å². The molecule has 1 aromatic carbocycles. The van der Waals surface area contributed by atoms with E-state index < -0.39 is 0 Å². The molecule has 3 rings (SSSR count). The van der Waals surface area contributed by atoms with Crippen LogP contribution in [0.2, 0.25) is 0 Å². The van der Waals surface area contributed by atoms with Crippen LogP contribution in [0.25, 0.3) is 0 Å². The smallest absolute Gasteiger partial charge is 0.230 e. The first-order valence-corrected chi connectivity index (χ1v) is 8.62. The first-order chi connectivity index (χ1) is 10.6. The van der Waals surface area contributed by atoms with Crippen LogP contribution in [0, 0.1) is 5.41 Å². The van der Waals surface area contributed by atoms with E-state index in [4.69, 9.17) is 11.6 Å². The van der Waals surface area contributed by atoms with Gasteiger partial charge in [-0.15, -0.1) is 11.6 Å². The van der Waals surface area contributed by atoms with E-state index in [1.54, 1.807) is 0 Å². The fourth-order valence-electron chi connectivity index (χ4n) is 4.00. The molecule has 0 aromatic heterocycles. The molecule has 1 saturated heterocycles. The molecule has 1 saturated carbocycles. The van der Waals surface area contributed by atoms with Crippen molar-refractivity contribution in [2.45, 2.75) is 51.0 Å². The summed E-state index contributed by atoms with van der Waals surface area (Å²) in [6.07, 6.45) is 5.98. The standard InChI is InChI=1S/C18H22ClNO2/c19-13-15(10-14-6-2-1-3-7-14)20-16(21)11-18(12-17(20)22)8-4-5-9-18/h1-3,6-7,15H,4-5,8-13H2. The molecule has 22 heavy (non-hydrogen) atoms. The average molecular weight is 320 g/mol. The van der Waals surface area contributed by atoms with Crippen LogP contribution < -0.4 is 0 Å². The third-order valence-corrected chi connectivity index (χ3v) is 5.47. The molecule has 1 spiro atoms. The van der Waals surface area contributed by atoms with Gasteiger partial charge in [0.15, 0.2) is 0 Å². The second-order valence-electron chi connectivity index (χ2n) is 6.72. The van der Waals surface area contributed by atoms with E-state index in [1.807, 2.05) is 30.3 Å². The van der Waals surface area contributed by atoms with Crippen LogP contribution in [0.5, 0.6) is 0 Å². The number of carbonyl (C=O) groups excluding carboxylic acids is 2. The number of alkyl halides is 1. The van der Waals surface area contributed by atoms with Crippen LogP contribution in [0.15, 0.2) is 30.3 Å². The molecule has 0 radical (unpaired) electrons. The zero-order chi connectivity index (χ0) is 15.6. The Morgan fingerprint density at radius 1 is 1.05 bits per heavy atom. The second-order valence-corrected chi connectivity index (χ2v) is 7.02. The molecule has 1 aliphatic carbocycles. The summed E-state index contributed by atoms with van der Waals surface area (Å²) in [4.78, 5) is 26.7. The molecular formula is C18H22ClNO2. The van der Waals surface area contributed by atoms with Crippen molar-refractivity contribution in [2.24, 2.45) is 5.41 Å². The zero-order valence-electron chi connectivity index (χ0n) is 12.8. The Balaban J connectivity index is 1.75. The highest BCUT2D eigenvalue weighted by Gasteiger charge is 2.46. The molecule has 4 heteroatoms. The third-order valence-electron chi connectivity index (χ3n) is 5.11. The number of amides is 2. The molecule has 1 aliphatic heterocycles. The Morgan fingerprint density at radius 3 is 2.18 bits per heavy atom. The third kappa shape index (κ3) is 3.05. The summed E-state index contributed by atoms with van der Waals surface area (Å²) < 4.78 is 0. The van der Waals surface area contributed by atoms with Crippen molar-refractivity contribution < 1.29 is 9.59 Å².